The van der Waals surface area contributed by atoms with Crippen LogP contribution in [0, 0.1) is 0 Å². The Kier molecular flexibility index (Phi) is 5.05. The SMILES string of the molecule is CCNS(=O)(=O)CCNC(=O)c1cccnc1N. The maximum Gasteiger partial charge on any atom is 0.255 e. The van der Waals surface area contributed by atoms with Gasteiger partial charge in [-0.05, 0) is 12.1 Å². The van der Waals surface area contributed by atoms with Crippen LogP contribution in [0.3, 0.4) is 0 Å². The average Bonchev–Trinajstić information content (AvgIpc) is 2.29. The second kappa shape index (κ2) is 6.31. The van der Waals surface area contributed by atoms with Gasteiger partial charge in [-0.1, -0.05) is 6.92 Å². The van der Waals surface area contributed by atoms with Crippen molar-refractivity contribution in [3.05, 3.63) is 23.9 Å². The van der Waals surface area contributed by atoms with E-state index in [1.807, 2.05) is 0 Å². The van der Waals surface area contributed by atoms with E-state index < -0.39 is 15.9 Å². The lowest BCUT2D eigenvalue weighted by atomic mass is 10.2. The summed E-state index contributed by atoms with van der Waals surface area (Å²) in [5, 5.41) is 2.48. The third-order valence-electron chi connectivity index (χ3n) is 2.10. The van der Waals surface area contributed by atoms with Crippen LogP contribution in [0.1, 0.15) is 17.3 Å². The molecule has 18 heavy (non-hydrogen) atoms. The zero-order valence-corrected chi connectivity index (χ0v) is 10.8. The number of aromatic nitrogens is 1. The van der Waals surface area contributed by atoms with Gasteiger partial charge in [-0.3, -0.25) is 4.79 Å². The van der Waals surface area contributed by atoms with E-state index in [2.05, 4.69) is 15.0 Å². The Labute approximate surface area is 106 Å². The molecule has 8 heteroatoms. The lowest BCUT2D eigenvalue weighted by Crippen LogP contribution is -2.34. The molecule has 1 aromatic heterocycles. The van der Waals surface area contributed by atoms with E-state index in [0.29, 0.717) is 6.54 Å². The lowest BCUT2D eigenvalue weighted by molar-refractivity contribution is 0.0956. The highest BCUT2D eigenvalue weighted by atomic mass is 32.2. The molecule has 1 rings (SSSR count). The third-order valence-corrected chi connectivity index (χ3v) is 3.57. The van der Waals surface area contributed by atoms with Gasteiger partial charge < -0.3 is 11.1 Å². The van der Waals surface area contributed by atoms with Crippen LogP contribution in [0.25, 0.3) is 0 Å². The average molecular weight is 272 g/mol. The number of rotatable bonds is 6. The maximum atomic E-state index is 11.7. The molecule has 0 fully saturated rings. The van der Waals surface area contributed by atoms with Crippen LogP contribution >= 0.6 is 0 Å². The Morgan fingerprint density at radius 3 is 2.83 bits per heavy atom. The fourth-order valence-corrected chi connectivity index (χ4v) is 2.25. The number of hydrogen-bond donors (Lipinski definition) is 3. The zero-order valence-electron chi connectivity index (χ0n) is 10.0. The van der Waals surface area contributed by atoms with Gasteiger partial charge in [0.1, 0.15) is 5.82 Å². The van der Waals surface area contributed by atoms with E-state index in [4.69, 9.17) is 5.73 Å². The van der Waals surface area contributed by atoms with Gasteiger partial charge in [-0.15, -0.1) is 0 Å². The van der Waals surface area contributed by atoms with Crippen LogP contribution in [0.4, 0.5) is 5.82 Å². The molecule has 4 N–H and O–H groups in total. The van der Waals surface area contributed by atoms with E-state index in [0.717, 1.165) is 0 Å². The first-order valence-corrected chi connectivity index (χ1v) is 7.07. The van der Waals surface area contributed by atoms with Crippen LogP contribution in [-0.4, -0.2) is 38.2 Å². The summed E-state index contributed by atoms with van der Waals surface area (Å²) in [6.07, 6.45) is 1.47. The van der Waals surface area contributed by atoms with Gasteiger partial charge in [-0.25, -0.2) is 18.1 Å². The van der Waals surface area contributed by atoms with Crippen molar-refractivity contribution in [2.24, 2.45) is 0 Å². The molecule has 0 saturated heterocycles. The Hall–Kier alpha value is -1.67. The molecule has 7 nitrogen and oxygen atoms in total. The van der Waals surface area contributed by atoms with Gasteiger partial charge in [-0.2, -0.15) is 0 Å². The monoisotopic (exact) mass is 272 g/mol. The summed E-state index contributed by atoms with van der Waals surface area (Å²) in [5.74, 6) is -0.496. The van der Waals surface area contributed by atoms with Gasteiger partial charge in [0.25, 0.3) is 5.91 Å². The number of nitrogens with two attached hydrogens (primary N) is 1. The number of nitrogens with one attached hydrogen (secondary N) is 2. The molecular weight excluding hydrogens is 256 g/mol. The van der Waals surface area contributed by atoms with Crippen molar-refractivity contribution in [1.29, 1.82) is 0 Å². The number of amides is 1. The molecule has 1 amide bonds. The number of carbonyl (C=O) groups excluding carboxylic acids is 1. The highest BCUT2D eigenvalue weighted by Gasteiger charge is 2.12. The minimum atomic E-state index is -3.33. The first kappa shape index (κ1) is 14.4. The van der Waals surface area contributed by atoms with Crippen molar-refractivity contribution in [3.8, 4) is 0 Å². The van der Waals surface area contributed by atoms with Crippen LogP contribution in [0.15, 0.2) is 18.3 Å². The molecule has 0 atom stereocenters. The first-order valence-electron chi connectivity index (χ1n) is 5.42. The number of carbonyl (C=O) groups is 1. The van der Waals surface area contributed by atoms with E-state index in [9.17, 15) is 13.2 Å². The summed E-state index contributed by atoms with van der Waals surface area (Å²) in [5.41, 5.74) is 5.76. The van der Waals surface area contributed by atoms with E-state index >= 15 is 0 Å². The number of nitrogen functional groups attached to an aromatic ring is 1. The minimum absolute atomic E-state index is 0.0164. The summed E-state index contributed by atoms with van der Waals surface area (Å²) >= 11 is 0. The molecule has 0 aliphatic heterocycles. The minimum Gasteiger partial charge on any atom is -0.383 e. The van der Waals surface area contributed by atoms with Crippen LogP contribution in [0.2, 0.25) is 0 Å². The summed E-state index contributed by atoms with van der Waals surface area (Å²) < 4.78 is 25.0. The Bertz CT molecular complexity index is 516. The fraction of sp³-hybridized carbons (Fsp3) is 0.400. The van der Waals surface area contributed by atoms with Crippen molar-refractivity contribution in [3.63, 3.8) is 0 Å². The predicted molar refractivity (Wildman–Crippen MR) is 68.4 cm³/mol. The molecule has 0 radical (unpaired) electrons. The van der Waals surface area contributed by atoms with Gasteiger partial charge in [0.05, 0.1) is 11.3 Å². The molecule has 0 aromatic carbocycles. The Morgan fingerprint density at radius 2 is 2.22 bits per heavy atom. The van der Waals surface area contributed by atoms with E-state index in [1.165, 1.54) is 12.3 Å². The molecule has 0 unspecified atom stereocenters. The number of pyridine rings is 1. The molecule has 100 valence electrons. The second-order valence-electron chi connectivity index (χ2n) is 3.51. The summed E-state index contributed by atoms with van der Waals surface area (Å²) in [6, 6.07) is 3.11. The van der Waals surface area contributed by atoms with Crippen LogP contribution in [-0.2, 0) is 10.0 Å². The van der Waals surface area contributed by atoms with Crippen LogP contribution < -0.4 is 15.8 Å². The molecule has 0 bridgehead atoms. The van der Waals surface area contributed by atoms with Crippen molar-refractivity contribution >= 4 is 21.7 Å². The highest BCUT2D eigenvalue weighted by molar-refractivity contribution is 7.89. The van der Waals surface area contributed by atoms with Gasteiger partial charge >= 0.3 is 0 Å². The summed E-state index contributed by atoms with van der Waals surface area (Å²) in [6.45, 7) is 2.03. The number of hydrogen-bond acceptors (Lipinski definition) is 5. The molecule has 0 aliphatic rings. The number of sulfonamides is 1. The molecular formula is C10H16N4O3S. The maximum absolute atomic E-state index is 11.7. The van der Waals surface area contributed by atoms with E-state index in [1.54, 1.807) is 13.0 Å². The smallest absolute Gasteiger partial charge is 0.255 e. The predicted octanol–water partition coefficient (Wildman–Crippen LogP) is -0.667. The molecule has 1 aromatic rings. The normalized spacial score (nSPS) is 11.2. The molecule has 1 heterocycles. The van der Waals surface area contributed by atoms with Crippen molar-refractivity contribution < 1.29 is 13.2 Å². The fourth-order valence-electron chi connectivity index (χ4n) is 1.30. The molecule has 0 spiro atoms. The summed E-state index contributed by atoms with van der Waals surface area (Å²) in [7, 11) is -3.33. The Morgan fingerprint density at radius 1 is 1.50 bits per heavy atom. The Balaban J connectivity index is 2.51. The number of anilines is 1. The molecule has 0 saturated carbocycles. The molecule has 0 aliphatic carbocycles. The van der Waals surface area contributed by atoms with Gasteiger partial charge in [0.15, 0.2) is 0 Å². The van der Waals surface area contributed by atoms with Gasteiger partial charge in [0.2, 0.25) is 10.0 Å². The zero-order chi connectivity index (χ0) is 13.6. The highest BCUT2D eigenvalue weighted by Crippen LogP contribution is 2.05. The third kappa shape index (κ3) is 4.30. The van der Waals surface area contributed by atoms with Gasteiger partial charge in [0, 0.05) is 19.3 Å². The van der Waals surface area contributed by atoms with Crippen molar-refractivity contribution in [1.82, 2.24) is 15.0 Å². The lowest BCUT2D eigenvalue weighted by Gasteiger charge is -2.07. The largest absolute Gasteiger partial charge is 0.383 e. The van der Waals surface area contributed by atoms with E-state index in [-0.39, 0.29) is 23.7 Å². The topological polar surface area (TPSA) is 114 Å². The van der Waals surface area contributed by atoms with Crippen molar-refractivity contribution in [2.45, 2.75) is 6.92 Å². The second-order valence-corrected chi connectivity index (χ2v) is 5.44. The first-order chi connectivity index (χ1) is 8.46. The quantitative estimate of drug-likeness (QED) is 0.635. The van der Waals surface area contributed by atoms with Crippen LogP contribution in [0.5, 0.6) is 0 Å². The summed E-state index contributed by atoms with van der Waals surface area (Å²) in [4.78, 5) is 15.4. The number of nitrogens with zero attached hydrogens (tertiary/aromatic N) is 1. The van der Waals surface area contributed by atoms with Crippen molar-refractivity contribution in [2.75, 3.05) is 24.6 Å². The standard InChI is InChI=1S/C10H16N4O3S/c1-2-14-18(16,17)7-6-13-10(15)8-4-3-5-12-9(8)11/h3-5,14H,2,6-7H2,1H3,(H2,11,12)(H,13,15).